The normalized spacial score (nSPS) is 14.9. The molecule has 0 bridgehead atoms. The van der Waals surface area contributed by atoms with E-state index in [-0.39, 0.29) is 11.5 Å². The molecule has 0 aromatic heterocycles. The second-order valence-electron chi connectivity index (χ2n) is 5.38. The van der Waals surface area contributed by atoms with E-state index < -0.39 is 4.92 Å². The summed E-state index contributed by atoms with van der Waals surface area (Å²) in [6, 6.07) is 14.2. The number of hydrogen-bond acceptors (Lipinski definition) is 5. The number of nitrogens with zero attached hydrogens (tertiary/aromatic N) is 2. The number of carbonyl (C=O) groups excluding carboxylic acids is 1. The largest absolute Gasteiger partial charge is 0.335 e. The Bertz CT molecular complexity index is 890. The van der Waals surface area contributed by atoms with E-state index in [1.165, 1.54) is 18.2 Å². The molecule has 0 atom stereocenters. The minimum absolute atomic E-state index is 0.00640. The molecule has 6 heteroatoms. The molecule has 0 aliphatic carbocycles. The van der Waals surface area contributed by atoms with Gasteiger partial charge in [-0.15, -0.1) is 0 Å². The van der Waals surface area contributed by atoms with Crippen molar-refractivity contribution in [2.75, 3.05) is 11.4 Å². The van der Waals surface area contributed by atoms with E-state index >= 15 is 0 Å². The first kappa shape index (κ1) is 17.0. The Hall–Kier alpha value is -2.86. The molecule has 0 fully saturated rings. The first-order valence-corrected chi connectivity index (χ1v) is 8.62. The van der Waals surface area contributed by atoms with E-state index in [0.29, 0.717) is 5.56 Å². The fourth-order valence-electron chi connectivity index (χ4n) is 2.58. The predicted molar refractivity (Wildman–Crippen MR) is 101 cm³/mol. The Morgan fingerprint density at radius 3 is 2.80 bits per heavy atom. The average molecular weight is 352 g/mol. The molecule has 2 aromatic rings. The van der Waals surface area contributed by atoms with Crippen LogP contribution >= 0.6 is 11.8 Å². The maximum Gasteiger partial charge on any atom is 0.270 e. The summed E-state index contributed by atoms with van der Waals surface area (Å²) in [5.41, 5.74) is 1.74. The van der Waals surface area contributed by atoms with Crippen molar-refractivity contribution in [3.63, 3.8) is 0 Å². The van der Waals surface area contributed by atoms with Gasteiger partial charge in [-0.2, -0.15) is 0 Å². The maximum atomic E-state index is 12.3. The number of fused-ring (bicyclic) bond motifs is 1. The first-order valence-electron chi connectivity index (χ1n) is 7.81. The molecule has 1 aliphatic rings. The molecule has 0 N–H and O–H groups in total. The van der Waals surface area contributed by atoms with Gasteiger partial charge in [0.25, 0.3) is 5.69 Å². The Kier molecular flexibility index (Phi) is 5.00. The van der Waals surface area contributed by atoms with Crippen molar-refractivity contribution in [1.29, 1.82) is 0 Å². The number of anilines is 1. The van der Waals surface area contributed by atoms with Gasteiger partial charge < -0.3 is 4.90 Å². The molecular formula is C19H16N2O3S. The van der Waals surface area contributed by atoms with Crippen LogP contribution in [0.2, 0.25) is 0 Å². The summed E-state index contributed by atoms with van der Waals surface area (Å²) in [7, 11) is 0. The summed E-state index contributed by atoms with van der Waals surface area (Å²) in [6.07, 6.45) is 4.63. The number of carbonyl (C=O) groups is 1. The number of rotatable bonds is 5. The lowest BCUT2D eigenvalue weighted by Gasteiger charge is -2.17. The first-order chi connectivity index (χ1) is 12.1. The number of para-hydroxylation sites is 1. The van der Waals surface area contributed by atoms with E-state index in [2.05, 4.69) is 4.90 Å². The highest BCUT2D eigenvalue weighted by molar-refractivity contribution is 8.03. The van der Waals surface area contributed by atoms with Crippen molar-refractivity contribution in [2.24, 2.45) is 0 Å². The number of hydrogen-bond donors (Lipinski definition) is 0. The molecule has 0 saturated carbocycles. The van der Waals surface area contributed by atoms with E-state index in [1.807, 2.05) is 31.2 Å². The molecule has 0 radical (unpaired) electrons. The number of thioether (sulfide) groups is 1. The van der Waals surface area contributed by atoms with Crippen LogP contribution in [0.4, 0.5) is 11.4 Å². The zero-order chi connectivity index (χ0) is 17.8. The van der Waals surface area contributed by atoms with E-state index in [1.54, 1.807) is 36.0 Å². The second-order valence-corrected chi connectivity index (χ2v) is 6.45. The number of nitro groups is 1. The minimum Gasteiger partial charge on any atom is -0.335 e. The van der Waals surface area contributed by atoms with E-state index in [9.17, 15) is 14.9 Å². The molecule has 0 unspecified atom stereocenters. The molecule has 0 saturated heterocycles. The molecule has 25 heavy (non-hydrogen) atoms. The van der Waals surface area contributed by atoms with E-state index in [0.717, 1.165) is 22.2 Å². The molecule has 126 valence electrons. The third-order valence-corrected chi connectivity index (χ3v) is 4.85. The molecular weight excluding hydrogens is 336 g/mol. The second kappa shape index (κ2) is 7.36. The van der Waals surface area contributed by atoms with Crippen LogP contribution in [0.25, 0.3) is 6.08 Å². The smallest absolute Gasteiger partial charge is 0.270 e. The van der Waals surface area contributed by atoms with Crippen molar-refractivity contribution >= 4 is 35.0 Å². The predicted octanol–water partition coefficient (Wildman–Crippen LogP) is 4.65. The van der Waals surface area contributed by atoms with Crippen LogP contribution in [0.15, 0.2) is 70.6 Å². The van der Waals surface area contributed by atoms with Gasteiger partial charge in [0, 0.05) is 29.6 Å². The Balaban J connectivity index is 1.77. The monoisotopic (exact) mass is 352 g/mol. The number of benzene rings is 2. The quantitative estimate of drug-likeness (QED) is 0.445. The molecule has 0 amide bonds. The van der Waals surface area contributed by atoms with Gasteiger partial charge in [-0.05, 0) is 30.7 Å². The van der Waals surface area contributed by atoms with Gasteiger partial charge >= 0.3 is 0 Å². The molecule has 3 rings (SSSR count). The lowest BCUT2D eigenvalue weighted by atomic mass is 10.1. The standard InChI is InChI=1S/C19H16N2O3S/c1-2-20-17-8-3-4-9-18(17)25-19(20)13-16(22)11-10-14-6-5-7-15(12-14)21(23)24/h3-13H,2H2,1H3/b11-10-,19-13-. The van der Waals surface area contributed by atoms with Gasteiger partial charge in [0.2, 0.25) is 0 Å². The topological polar surface area (TPSA) is 63.5 Å². The van der Waals surface area contributed by atoms with Crippen LogP contribution in [0, 0.1) is 10.1 Å². The van der Waals surface area contributed by atoms with Crippen LogP contribution < -0.4 is 4.90 Å². The van der Waals surface area contributed by atoms with Crippen molar-refractivity contribution in [1.82, 2.24) is 0 Å². The van der Waals surface area contributed by atoms with Gasteiger partial charge in [-0.25, -0.2) is 0 Å². The number of ketones is 1. The van der Waals surface area contributed by atoms with Gasteiger partial charge in [0.05, 0.1) is 15.6 Å². The third-order valence-electron chi connectivity index (χ3n) is 3.74. The SMILES string of the molecule is CCN1/C(=C/C(=O)/C=C\c2cccc([N+](=O)[O-])c2)Sc2ccccc21. The van der Waals surface area contributed by atoms with Crippen LogP contribution in [0.3, 0.4) is 0 Å². The Morgan fingerprint density at radius 2 is 2.04 bits per heavy atom. The minimum atomic E-state index is -0.452. The fraction of sp³-hybridized carbons (Fsp3) is 0.105. The highest BCUT2D eigenvalue weighted by Crippen LogP contribution is 2.45. The van der Waals surface area contributed by atoms with Crippen molar-refractivity contribution < 1.29 is 9.72 Å². The van der Waals surface area contributed by atoms with Gasteiger partial charge in [0.15, 0.2) is 5.78 Å². The summed E-state index contributed by atoms with van der Waals surface area (Å²) < 4.78 is 0. The Morgan fingerprint density at radius 1 is 1.24 bits per heavy atom. The highest BCUT2D eigenvalue weighted by atomic mass is 32.2. The van der Waals surface area contributed by atoms with Crippen LogP contribution in [0.1, 0.15) is 12.5 Å². The van der Waals surface area contributed by atoms with Crippen molar-refractivity contribution in [3.05, 3.63) is 81.4 Å². The summed E-state index contributed by atoms with van der Waals surface area (Å²) in [5.74, 6) is -0.153. The van der Waals surface area contributed by atoms with Crippen molar-refractivity contribution in [3.8, 4) is 0 Å². The summed E-state index contributed by atoms with van der Waals surface area (Å²) in [4.78, 5) is 25.8. The zero-order valence-corrected chi connectivity index (χ0v) is 14.4. The molecule has 2 aromatic carbocycles. The number of allylic oxidation sites excluding steroid dienone is 2. The zero-order valence-electron chi connectivity index (χ0n) is 13.6. The fourth-order valence-corrected chi connectivity index (χ4v) is 3.74. The molecule has 1 heterocycles. The molecule has 5 nitrogen and oxygen atoms in total. The third kappa shape index (κ3) is 3.80. The van der Waals surface area contributed by atoms with Gasteiger partial charge in [0.1, 0.15) is 0 Å². The molecule has 0 spiro atoms. The average Bonchev–Trinajstić information content (AvgIpc) is 2.97. The van der Waals surface area contributed by atoms with E-state index in [4.69, 9.17) is 0 Å². The summed E-state index contributed by atoms with van der Waals surface area (Å²) in [6.45, 7) is 2.82. The lowest BCUT2D eigenvalue weighted by molar-refractivity contribution is -0.384. The maximum absolute atomic E-state index is 12.3. The molecule has 1 aliphatic heterocycles. The Labute approximate surface area is 149 Å². The summed E-state index contributed by atoms with van der Waals surface area (Å²) in [5, 5.41) is 11.7. The van der Waals surface area contributed by atoms with Gasteiger partial charge in [-0.1, -0.05) is 42.1 Å². The number of non-ortho nitro benzene ring substituents is 1. The lowest BCUT2D eigenvalue weighted by Crippen LogP contribution is -2.17. The van der Waals surface area contributed by atoms with Crippen LogP contribution in [-0.2, 0) is 4.79 Å². The van der Waals surface area contributed by atoms with Crippen molar-refractivity contribution in [2.45, 2.75) is 11.8 Å². The number of nitro benzene ring substituents is 1. The highest BCUT2D eigenvalue weighted by Gasteiger charge is 2.23. The van der Waals surface area contributed by atoms with Crippen LogP contribution in [-0.4, -0.2) is 17.3 Å². The van der Waals surface area contributed by atoms with Gasteiger partial charge in [-0.3, -0.25) is 14.9 Å². The van der Waals surface area contributed by atoms with Crippen LogP contribution in [0.5, 0.6) is 0 Å². The summed E-state index contributed by atoms with van der Waals surface area (Å²) >= 11 is 1.57.